The molecule has 21 heavy (non-hydrogen) atoms. The van der Waals surface area contributed by atoms with Crippen molar-refractivity contribution in [2.24, 2.45) is 0 Å². The zero-order valence-electron chi connectivity index (χ0n) is 11.9. The molecule has 1 N–H and O–H groups in total. The number of aromatic nitrogens is 4. The molecular weight excluding hydrogens is 313 g/mol. The quantitative estimate of drug-likeness (QED) is 0.826. The fourth-order valence-electron chi connectivity index (χ4n) is 1.89. The monoisotopic (exact) mass is 329 g/mol. The lowest BCUT2D eigenvalue weighted by Gasteiger charge is -2.06. The standard InChI is InChI=1S/C13H17Cl2N5O/c1-9-6-17-19(7-9)8-11(21)16-4-3-5-20-13(15)12(14)10(2)18-20/h6-7H,3-5,8H2,1-2H3,(H,16,21). The predicted octanol–water partition coefficient (Wildman–Crippen LogP) is 2.21. The molecule has 0 saturated heterocycles. The largest absolute Gasteiger partial charge is 0.354 e. The zero-order valence-corrected chi connectivity index (χ0v) is 13.4. The summed E-state index contributed by atoms with van der Waals surface area (Å²) in [4.78, 5) is 11.7. The van der Waals surface area contributed by atoms with Gasteiger partial charge in [0.05, 0.1) is 11.9 Å². The minimum atomic E-state index is -0.0705. The van der Waals surface area contributed by atoms with Crippen molar-refractivity contribution in [3.05, 3.63) is 33.8 Å². The second kappa shape index (κ2) is 6.95. The van der Waals surface area contributed by atoms with E-state index in [0.717, 1.165) is 12.0 Å². The molecular formula is C13H17Cl2N5O. The molecule has 0 aromatic carbocycles. The third kappa shape index (κ3) is 4.22. The van der Waals surface area contributed by atoms with E-state index in [9.17, 15) is 4.79 Å². The maximum Gasteiger partial charge on any atom is 0.241 e. The number of amides is 1. The van der Waals surface area contributed by atoms with E-state index in [2.05, 4.69) is 15.5 Å². The summed E-state index contributed by atoms with van der Waals surface area (Å²) in [5.74, 6) is -0.0705. The molecule has 2 heterocycles. The highest BCUT2D eigenvalue weighted by molar-refractivity contribution is 6.41. The lowest BCUT2D eigenvalue weighted by atomic mass is 10.4. The van der Waals surface area contributed by atoms with Gasteiger partial charge in [0.2, 0.25) is 5.91 Å². The van der Waals surface area contributed by atoms with Crippen LogP contribution in [0.4, 0.5) is 0 Å². The Bertz CT molecular complexity index is 635. The van der Waals surface area contributed by atoms with Crippen LogP contribution < -0.4 is 5.32 Å². The molecule has 0 fully saturated rings. The van der Waals surface area contributed by atoms with Gasteiger partial charge in [-0.3, -0.25) is 14.2 Å². The molecule has 0 aliphatic carbocycles. The summed E-state index contributed by atoms with van der Waals surface area (Å²) < 4.78 is 3.25. The molecule has 0 radical (unpaired) electrons. The van der Waals surface area contributed by atoms with Crippen molar-refractivity contribution in [1.29, 1.82) is 0 Å². The van der Waals surface area contributed by atoms with Crippen molar-refractivity contribution < 1.29 is 4.79 Å². The fraction of sp³-hybridized carbons (Fsp3) is 0.462. The van der Waals surface area contributed by atoms with E-state index in [4.69, 9.17) is 23.2 Å². The smallest absolute Gasteiger partial charge is 0.241 e. The Balaban J connectivity index is 1.72. The Morgan fingerprint density at radius 3 is 2.71 bits per heavy atom. The van der Waals surface area contributed by atoms with Crippen molar-refractivity contribution >= 4 is 29.1 Å². The number of rotatable bonds is 6. The van der Waals surface area contributed by atoms with Crippen molar-refractivity contribution in [1.82, 2.24) is 24.9 Å². The normalized spacial score (nSPS) is 10.9. The zero-order chi connectivity index (χ0) is 15.4. The first-order valence-corrected chi connectivity index (χ1v) is 7.37. The molecule has 6 nitrogen and oxygen atoms in total. The average molecular weight is 330 g/mol. The van der Waals surface area contributed by atoms with Crippen LogP contribution in [0.5, 0.6) is 0 Å². The van der Waals surface area contributed by atoms with Gasteiger partial charge in [-0.15, -0.1) is 0 Å². The molecule has 0 saturated carbocycles. The van der Waals surface area contributed by atoms with E-state index in [1.807, 2.05) is 13.1 Å². The van der Waals surface area contributed by atoms with Crippen LogP contribution in [0.25, 0.3) is 0 Å². The third-order valence-electron chi connectivity index (χ3n) is 2.93. The summed E-state index contributed by atoms with van der Waals surface area (Å²) >= 11 is 12.0. The van der Waals surface area contributed by atoms with Gasteiger partial charge in [0.1, 0.15) is 16.7 Å². The van der Waals surface area contributed by atoms with Crippen LogP contribution in [-0.2, 0) is 17.9 Å². The summed E-state index contributed by atoms with van der Waals surface area (Å²) in [6, 6.07) is 0. The van der Waals surface area contributed by atoms with Gasteiger partial charge in [-0.2, -0.15) is 10.2 Å². The van der Waals surface area contributed by atoms with E-state index in [1.165, 1.54) is 0 Å². The lowest BCUT2D eigenvalue weighted by Crippen LogP contribution is -2.29. The van der Waals surface area contributed by atoms with Crippen molar-refractivity contribution in [3.63, 3.8) is 0 Å². The van der Waals surface area contributed by atoms with Crippen LogP contribution in [0.2, 0.25) is 10.2 Å². The van der Waals surface area contributed by atoms with Crippen LogP contribution in [0.1, 0.15) is 17.7 Å². The number of aryl methyl sites for hydroxylation is 3. The molecule has 1 amide bonds. The Labute approximate surface area is 133 Å². The summed E-state index contributed by atoms with van der Waals surface area (Å²) in [6.45, 7) is 5.11. The summed E-state index contributed by atoms with van der Waals surface area (Å²) in [6.07, 6.45) is 4.27. The second-order valence-corrected chi connectivity index (χ2v) is 5.57. The number of hydrogen-bond acceptors (Lipinski definition) is 3. The number of nitrogens with zero attached hydrogens (tertiary/aromatic N) is 4. The number of halogens is 2. The first-order chi connectivity index (χ1) is 9.97. The van der Waals surface area contributed by atoms with E-state index in [1.54, 1.807) is 22.5 Å². The number of carbonyl (C=O) groups is 1. The Morgan fingerprint density at radius 2 is 2.14 bits per heavy atom. The van der Waals surface area contributed by atoms with Crippen molar-refractivity contribution in [2.45, 2.75) is 33.4 Å². The first kappa shape index (κ1) is 15.9. The molecule has 2 rings (SSSR count). The molecule has 0 spiro atoms. The van der Waals surface area contributed by atoms with E-state index in [0.29, 0.717) is 29.0 Å². The van der Waals surface area contributed by atoms with Gasteiger partial charge in [-0.05, 0) is 25.8 Å². The van der Waals surface area contributed by atoms with Gasteiger partial charge >= 0.3 is 0 Å². The average Bonchev–Trinajstić information content (AvgIpc) is 2.94. The van der Waals surface area contributed by atoms with Gasteiger partial charge in [0.25, 0.3) is 0 Å². The van der Waals surface area contributed by atoms with Crippen LogP contribution in [0.15, 0.2) is 12.4 Å². The van der Waals surface area contributed by atoms with Crippen molar-refractivity contribution in [2.75, 3.05) is 6.54 Å². The highest BCUT2D eigenvalue weighted by atomic mass is 35.5. The van der Waals surface area contributed by atoms with Crippen LogP contribution >= 0.6 is 23.2 Å². The van der Waals surface area contributed by atoms with E-state index < -0.39 is 0 Å². The number of nitrogens with one attached hydrogen (secondary N) is 1. The van der Waals surface area contributed by atoms with Gasteiger partial charge in [0, 0.05) is 19.3 Å². The molecule has 0 unspecified atom stereocenters. The van der Waals surface area contributed by atoms with Gasteiger partial charge in [-0.1, -0.05) is 23.2 Å². The molecule has 0 atom stereocenters. The summed E-state index contributed by atoms with van der Waals surface area (Å²) in [7, 11) is 0. The highest BCUT2D eigenvalue weighted by Crippen LogP contribution is 2.24. The lowest BCUT2D eigenvalue weighted by molar-refractivity contribution is -0.121. The minimum Gasteiger partial charge on any atom is -0.354 e. The maximum atomic E-state index is 11.7. The molecule has 0 aliphatic rings. The predicted molar refractivity (Wildman–Crippen MR) is 81.6 cm³/mol. The SMILES string of the molecule is Cc1cnn(CC(=O)NCCCn2nc(C)c(Cl)c2Cl)c1. The first-order valence-electron chi connectivity index (χ1n) is 6.61. The van der Waals surface area contributed by atoms with E-state index >= 15 is 0 Å². The van der Waals surface area contributed by atoms with Gasteiger partial charge in [0.15, 0.2) is 0 Å². The minimum absolute atomic E-state index is 0.0705. The van der Waals surface area contributed by atoms with Gasteiger partial charge in [-0.25, -0.2) is 0 Å². The fourth-order valence-corrected chi connectivity index (χ4v) is 2.29. The molecule has 2 aromatic heterocycles. The number of carbonyl (C=O) groups excluding carboxylic acids is 1. The summed E-state index contributed by atoms with van der Waals surface area (Å²) in [5.41, 5.74) is 1.74. The molecule has 0 aliphatic heterocycles. The Kier molecular flexibility index (Phi) is 5.25. The summed E-state index contributed by atoms with van der Waals surface area (Å²) in [5, 5.41) is 12.0. The van der Waals surface area contributed by atoms with E-state index in [-0.39, 0.29) is 12.5 Å². The molecule has 8 heteroatoms. The third-order valence-corrected chi connectivity index (χ3v) is 3.87. The van der Waals surface area contributed by atoms with Crippen LogP contribution in [0.3, 0.4) is 0 Å². The Morgan fingerprint density at radius 1 is 1.38 bits per heavy atom. The molecule has 114 valence electrons. The maximum absolute atomic E-state index is 11.7. The molecule has 2 aromatic rings. The second-order valence-electron chi connectivity index (χ2n) is 4.83. The number of hydrogen-bond donors (Lipinski definition) is 1. The topological polar surface area (TPSA) is 64.7 Å². The van der Waals surface area contributed by atoms with Crippen molar-refractivity contribution in [3.8, 4) is 0 Å². The van der Waals surface area contributed by atoms with Crippen LogP contribution in [-0.4, -0.2) is 32.0 Å². The Hall–Kier alpha value is -1.53. The van der Waals surface area contributed by atoms with Gasteiger partial charge < -0.3 is 5.32 Å². The molecule has 0 bridgehead atoms. The van der Waals surface area contributed by atoms with Crippen LogP contribution in [0, 0.1) is 13.8 Å². The highest BCUT2D eigenvalue weighted by Gasteiger charge is 2.10.